The van der Waals surface area contributed by atoms with E-state index in [4.69, 9.17) is 0 Å². The number of rotatable bonds is 6. The summed E-state index contributed by atoms with van der Waals surface area (Å²) in [4.78, 5) is 18.9. The molecule has 2 heterocycles. The van der Waals surface area contributed by atoms with Crippen molar-refractivity contribution < 1.29 is 4.79 Å². The number of aromatic nitrogens is 2. The van der Waals surface area contributed by atoms with E-state index in [0.717, 1.165) is 12.1 Å². The van der Waals surface area contributed by atoms with Crippen LogP contribution in [0, 0.1) is 0 Å². The van der Waals surface area contributed by atoms with E-state index in [9.17, 15) is 4.79 Å². The second-order valence-corrected chi connectivity index (χ2v) is 6.44. The minimum absolute atomic E-state index is 0.0476. The fraction of sp³-hybridized carbons (Fsp3) is 0.238. The SMILES string of the molecule is CC(C)N(Cc1cccnc1)C(=O)c1ccc(Cn2cccc2)cc1. The van der Waals surface area contributed by atoms with Gasteiger partial charge in [0.25, 0.3) is 5.91 Å². The highest BCUT2D eigenvalue weighted by Crippen LogP contribution is 2.14. The van der Waals surface area contributed by atoms with E-state index in [-0.39, 0.29) is 11.9 Å². The van der Waals surface area contributed by atoms with E-state index < -0.39 is 0 Å². The van der Waals surface area contributed by atoms with E-state index >= 15 is 0 Å². The van der Waals surface area contributed by atoms with Crippen LogP contribution in [0.3, 0.4) is 0 Å². The predicted octanol–water partition coefficient (Wildman–Crippen LogP) is 3.98. The molecular weight excluding hydrogens is 310 g/mol. The van der Waals surface area contributed by atoms with Crippen molar-refractivity contribution in [2.75, 3.05) is 0 Å². The van der Waals surface area contributed by atoms with Gasteiger partial charge in [0, 0.05) is 49.5 Å². The molecule has 0 aliphatic heterocycles. The quantitative estimate of drug-likeness (QED) is 0.684. The van der Waals surface area contributed by atoms with Crippen molar-refractivity contribution >= 4 is 5.91 Å². The molecule has 2 aromatic heterocycles. The van der Waals surface area contributed by atoms with Crippen molar-refractivity contribution in [1.29, 1.82) is 0 Å². The van der Waals surface area contributed by atoms with Crippen molar-refractivity contribution in [3.8, 4) is 0 Å². The lowest BCUT2D eigenvalue weighted by atomic mass is 10.1. The molecule has 1 amide bonds. The Balaban J connectivity index is 1.73. The molecule has 0 fully saturated rings. The summed E-state index contributed by atoms with van der Waals surface area (Å²) in [6.45, 7) is 5.45. The summed E-state index contributed by atoms with van der Waals surface area (Å²) in [6.07, 6.45) is 7.62. The summed E-state index contributed by atoms with van der Waals surface area (Å²) < 4.78 is 2.11. The molecule has 4 heteroatoms. The van der Waals surface area contributed by atoms with E-state index in [0.29, 0.717) is 12.1 Å². The minimum Gasteiger partial charge on any atom is -0.350 e. The maximum atomic E-state index is 12.9. The largest absolute Gasteiger partial charge is 0.350 e. The molecule has 4 nitrogen and oxygen atoms in total. The molecule has 0 atom stereocenters. The van der Waals surface area contributed by atoms with Gasteiger partial charge in [0.2, 0.25) is 0 Å². The molecule has 25 heavy (non-hydrogen) atoms. The maximum absolute atomic E-state index is 12.9. The Bertz CT molecular complexity index is 793. The predicted molar refractivity (Wildman–Crippen MR) is 99.2 cm³/mol. The van der Waals surface area contributed by atoms with Crippen molar-refractivity contribution in [3.63, 3.8) is 0 Å². The minimum atomic E-state index is 0.0476. The number of nitrogens with zero attached hydrogens (tertiary/aromatic N) is 3. The standard InChI is InChI=1S/C21H23N3O/c1-17(2)24(16-19-6-5-11-22-14-19)21(25)20-9-7-18(8-10-20)15-23-12-3-4-13-23/h3-14,17H,15-16H2,1-2H3. The van der Waals surface area contributed by atoms with Crippen LogP contribution in [-0.4, -0.2) is 26.4 Å². The zero-order chi connectivity index (χ0) is 17.6. The first kappa shape index (κ1) is 17.0. The lowest BCUT2D eigenvalue weighted by Crippen LogP contribution is -2.36. The first-order valence-corrected chi connectivity index (χ1v) is 8.53. The Morgan fingerprint density at radius 2 is 1.76 bits per heavy atom. The number of pyridine rings is 1. The lowest BCUT2D eigenvalue weighted by molar-refractivity contribution is 0.0690. The molecular formula is C21H23N3O. The van der Waals surface area contributed by atoms with E-state index in [2.05, 4.69) is 9.55 Å². The van der Waals surface area contributed by atoms with Gasteiger partial charge in [-0.3, -0.25) is 9.78 Å². The summed E-state index contributed by atoms with van der Waals surface area (Å²) >= 11 is 0. The third kappa shape index (κ3) is 4.35. The Morgan fingerprint density at radius 3 is 2.36 bits per heavy atom. The number of carbonyl (C=O) groups is 1. The molecule has 0 aliphatic rings. The van der Waals surface area contributed by atoms with Crippen LogP contribution in [0.5, 0.6) is 0 Å². The highest BCUT2D eigenvalue weighted by molar-refractivity contribution is 5.94. The second kappa shape index (κ2) is 7.79. The number of hydrogen-bond acceptors (Lipinski definition) is 2. The zero-order valence-electron chi connectivity index (χ0n) is 14.7. The van der Waals surface area contributed by atoms with Crippen molar-refractivity contribution in [3.05, 3.63) is 90.0 Å². The third-order valence-corrected chi connectivity index (χ3v) is 4.19. The highest BCUT2D eigenvalue weighted by atomic mass is 16.2. The Hall–Kier alpha value is -2.88. The third-order valence-electron chi connectivity index (χ3n) is 4.19. The fourth-order valence-electron chi connectivity index (χ4n) is 2.78. The van der Waals surface area contributed by atoms with Crippen molar-refractivity contribution in [2.24, 2.45) is 0 Å². The molecule has 0 N–H and O–H groups in total. The van der Waals surface area contributed by atoms with Crippen LogP contribution < -0.4 is 0 Å². The molecule has 0 aliphatic carbocycles. The Morgan fingerprint density at radius 1 is 1.04 bits per heavy atom. The van der Waals surface area contributed by atoms with Gasteiger partial charge in [0.1, 0.15) is 0 Å². The molecule has 0 unspecified atom stereocenters. The summed E-state index contributed by atoms with van der Waals surface area (Å²) in [5.41, 5.74) is 2.93. The highest BCUT2D eigenvalue weighted by Gasteiger charge is 2.19. The Labute approximate surface area is 148 Å². The van der Waals surface area contributed by atoms with E-state index in [1.165, 1.54) is 5.56 Å². The van der Waals surface area contributed by atoms with Crippen LogP contribution in [0.4, 0.5) is 0 Å². The Kier molecular flexibility index (Phi) is 5.29. The maximum Gasteiger partial charge on any atom is 0.254 e. The van der Waals surface area contributed by atoms with Gasteiger partial charge < -0.3 is 9.47 Å². The van der Waals surface area contributed by atoms with Crippen molar-refractivity contribution in [1.82, 2.24) is 14.5 Å². The molecule has 0 spiro atoms. The molecule has 3 aromatic rings. The second-order valence-electron chi connectivity index (χ2n) is 6.44. The van der Waals surface area contributed by atoms with Gasteiger partial charge in [0.15, 0.2) is 0 Å². The normalized spacial score (nSPS) is 10.8. The van der Waals surface area contributed by atoms with E-state index in [1.54, 1.807) is 6.20 Å². The van der Waals surface area contributed by atoms with Crippen LogP contribution >= 0.6 is 0 Å². The molecule has 128 valence electrons. The molecule has 0 bridgehead atoms. The van der Waals surface area contributed by atoms with Gasteiger partial charge >= 0.3 is 0 Å². The molecule has 0 saturated carbocycles. The fourth-order valence-corrected chi connectivity index (χ4v) is 2.78. The van der Waals surface area contributed by atoms with Crippen LogP contribution in [0.2, 0.25) is 0 Å². The van der Waals surface area contributed by atoms with Gasteiger partial charge in [0.05, 0.1) is 0 Å². The smallest absolute Gasteiger partial charge is 0.254 e. The van der Waals surface area contributed by atoms with Crippen molar-refractivity contribution in [2.45, 2.75) is 33.0 Å². The van der Waals surface area contributed by atoms with Crippen LogP contribution in [0.1, 0.15) is 35.3 Å². The van der Waals surface area contributed by atoms with Gasteiger partial charge in [-0.15, -0.1) is 0 Å². The first-order valence-electron chi connectivity index (χ1n) is 8.53. The molecule has 1 aromatic carbocycles. The van der Waals surface area contributed by atoms with Crippen LogP contribution in [0.15, 0.2) is 73.3 Å². The van der Waals surface area contributed by atoms with Gasteiger partial charge in [-0.2, -0.15) is 0 Å². The number of hydrogen-bond donors (Lipinski definition) is 0. The lowest BCUT2D eigenvalue weighted by Gasteiger charge is -2.27. The van der Waals surface area contributed by atoms with Crippen LogP contribution in [-0.2, 0) is 13.1 Å². The van der Waals surface area contributed by atoms with Gasteiger partial charge in [-0.1, -0.05) is 18.2 Å². The van der Waals surface area contributed by atoms with Gasteiger partial charge in [-0.25, -0.2) is 0 Å². The van der Waals surface area contributed by atoms with Gasteiger partial charge in [-0.05, 0) is 55.3 Å². The number of carbonyl (C=O) groups excluding carboxylic acids is 1. The summed E-state index contributed by atoms with van der Waals surface area (Å²) in [5.74, 6) is 0.0476. The zero-order valence-corrected chi connectivity index (χ0v) is 14.7. The topological polar surface area (TPSA) is 38.1 Å². The van der Waals surface area contributed by atoms with E-state index in [1.807, 2.05) is 85.9 Å². The number of benzene rings is 1. The molecule has 0 saturated heterocycles. The average molecular weight is 333 g/mol. The van der Waals surface area contributed by atoms with Crippen LogP contribution in [0.25, 0.3) is 0 Å². The molecule has 3 rings (SSSR count). The average Bonchev–Trinajstić information content (AvgIpc) is 3.13. The monoisotopic (exact) mass is 333 g/mol. The summed E-state index contributed by atoms with van der Waals surface area (Å²) in [6, 6.07) is 15.9. The number of amides is 1. The summed E-state index contributed by atoms with van der Waals surface area (Å²) in [5, 5.41) is 0. The first-order chi connectivity index (χ1) is 12.1. The summed E-state index contributed by atoms with van der Waals surface area (Å²) in [7, 11) is 0. The molecule has 0 radical (unpaired) electrons.